The molecule has 5 nitrogen and oxygen atoms in total. The average Bonchev–Trinajstić information content (AvgIpc) is 3.17. The lowest BCUT2D eigenvalue weighted by molar-refractivity contribution is -0.131. The zero-order valence-electron chi connectivity index (χ0n) is 15.5. The highest BCUT2D eigenvalue weighted by molar-refractivity contribution is 5.80. The van der Waals surface area contributed by atoms with Crippen molar-refractivity contribution in [2.45, 2.75) is 25.3 Å². The number of hydrogen-bond acceptors (Lipinski definition) is 4. The minimum Gasteiger partial charge on any atom is -0.496 e. The Balaban J connectivity index is 1.80. The van der Waals surface area contributed by atoms with Crippen molar-refractivity contribution < 1.29 is 19.0 Å². The van der Waals surface area contributed by atoms with Gasteiger partial charge in [-0.05, 0) is 36.6 Å². The molecule has 1 atom stereocenters. The number of likely N-dealkylation sites (tertiary alicyclic amines) is 1. The van der Waals surface area contributed by atoms with E-state index in [1.165, 1.54) is 0 Å². The first-order valence-corrected chi connectivity index (χ1v) is 8.81. The molecular formula is C21H25NO4. The summed E-state index contributed by atoms with van der Waals surface area (Å²) in [5.74, 6) is 2.25. The van der Waals surface area contributed by atoms with Crippen molar-refractivity contribution in [3.8, 4) is 17.2 Å². The number of rotatable bonds is 6. The number of para-hydroxylation sites is 1. The van der Waals surface area contributed by atoms with Gasteiger partial charge in [0.1, 0.15) is 5.75 Å². The molecular weight excluding hydrogens is 330 g/mol. The summed E-state index contributed by atoms with van der Waals surface area (Å²) in [4.78, 5) is 14.9. The molecule has 0 bridgehead atoms. The van der Waals surface area contributed by atoms with Gasteiger partial charge in [-0.15, -0.1) is 0 Å². The SMILES string of the molecule is COc1ccccc1CC(=O)N1CCCC1c1ccc(OC)c(OC)c1. The second-order valence-electron chi connectivity index (χ2n) is 6.35. The molecule has 0 N–H and O–H groups in total. The maximum Gasteiger partial charge on any atom is 0.227 e. The second-order valence-corrected chi connectivity index (χ2v) is 6.35. The quantitative estimate of drug-likeness (QED) is 0.794. The van der Waals surface area contributed by atoms with Gasteiger partial charge < -0.3 is 19.1 Å². The first-order valence-electron chi connectivity index (χ1n) is 8.81. The van der Waals surface area contributed by atoms with Crippen LogP contribution in [0.2, 0.25) is 0 Å². The van der Waals surface area contributed by atoms with Crippen LogP contribution in [-0.4, -0.2) is 38.7 Å². The van der Waals surface area contributed by atoms with Crippen molar-refractivity contribution in [2.24, 2.45) is 0 Å². The minimum atomic E-state index is 0.0667. The van der Waals surface area contributed by atoms with Gasteiger partial charge in [-0.3, -0.25) is 4.79 Å². The standard InChI is InChI=1S/C21H25NO4/c1-24-18-9-5-4-7-16(18)14-21(23)22-12-6-8-17(22)15-10-11-19(25-2)20(13-15)26-3/h4-5,7,9-11,13,17H,6,8,12,14H2,1-3H3. The lowest BCUT2D eigenvalue weighted by atomic mass is 10.0. The zero-order valence-corrected chi connectivity index (χ0v) is 15.5. The number of methoxy groups -OCH3 is 3. The molecule has 2 aromatic carbocycles. The fraction of sp³-hybridized carbons (Fsp3) is 0.381. The van der Waals surface area contributed by atoms with Crippen LogP contribution in [0.4, 0.5) is 0 Å². The van der Waals surface area contributed by atoms with Crippen molar-refractivity contribution in [2.75, 3.05) is 27.9 Å². The van der Waals surface area contributed by atoms with Gasteiger partial charge in [-0.25, -0.2) is 0 Å². The molecule has 1 aliphatic rings. The van der Waals surface area contributed by atoms with Gasteiger partial charge in [-0.1, -0.05) is 24.3 Å². The Morgan fingerprint density at radius 3 is 2.46 bits per heavy atom. The Bertz CT molecular complexity index is 774. The van der Waals surface area contributed by atoms with Gasteiger partial charge in [-0.2, -0.15) is 0 Å². The van der Waals surface area contributed by atoms with Crippen LogP contribution in [0.3, 0.4) is 0 Å². The van der Waals surface area contributed by atoms with E-state index in [0.717, 1.165) is 36.3 Å². The van der Waals surface area contributed by atoms with Gasteiger partial charge >= 0.3 is 0 Å². The summed E-state index contributed by atoms with van der Waals surface area (Å²) in [7, 11) is 4.88. The summed E-state index contributed by atoms with van der Waals surface area (Å²) in [5.41, 5.74) is 1.99. The van der Waals surface area contributed by atoms with Crippen molar-refractivity contribution in [1.82, 2.24) is 4.90 Å². The number of carbonyl (C=O) groups excluding carboxylic acids is 1. The van der Waals surface area contributed by atoms with E-state index in [-0.39, 0.29) is 11.9 Å². The van der Waals surface area contributed by atoms with Crippen LogP contribution < -0.4 is 14.2 Å². The number of benzene rings is 2. The van der Waals surface area contributed by atoms with Crippen LogP contribution in [0.25, 0.3) is 0 Å². The largest absolute Gasteiger partial charge is 0.496 e. The Morgan fingerprint density at radius 1 is 1.00 bits per heavy atom. The van der Waals surface area contributed by atoms with E-state index >= 15 is 0 Å². The normalized spacial score (nSPS) is 16.4. The number of ether oxygens (including phenoxy) is 3. The molecule has 2 aromatic rings. The van der Waals surface area contributed by atoms with E-state index in [1.54, 1.807) is 21.3 Å². The zero-order chi connectivity index (χ0) is 18.5. The molecule has 1 unspecified atom stereocenters. The molecule has 0 aromatic heterocycles. The maximum absolute atomic E-state index is 13.0. The molecule has 3 rings (SSSR count). The van der Waals surface area contributed by atoms with Gasteiger partial charge in [0.2, 0.25) is 5.91 Å². The Kier molecular flexibility index (Phi) is 5.66. The van der Waals surface area contributed by atoms with Crippen molar-refractivity contribution >= 4 is 5.91 Å². The fourth-order valence-corrected chi connectivity index (χ4v) is 3.59. The molecule has 0 radical (unpaired) electrons. The molecule has 0 spiro atoms. The molecule has 26 heavy (non-hydrogen) atoms. The molecule has 1 fully saturated rings. The number of carbonyl (C=O) groups is 1. The summed E-state index contributed by atoms with van der Waals surface area (Å²) in [6.07, 6.45) is 2.29. The maximum atomic E-state index is 13.0. The molecule has 1 aliphatic heterocycles. The Morgan fingerprint density at radius 2 is 1.73 bits per heavy atom. The third-order valence-corrected chi connectivity index (χ3v) is 4.90. The Labute approximate surface area is 154 Å². The summed E-state index contributed by atoms with van der Waals surface area (Å²) in [5, 5.41) is 0. The molecule has 1 heterocycles. The van der Waals surface area contributed by atoms with Crippen molar-refractivity contribution in [3.05, 3.63) is 53.6 Å². The number of hydrogen-bond donors (Lipinski definition) is 0. The van der Waals surface area contributed by atoms with E-state index in [4.69, 9.17) is 14.2 Å². The van der Waals surface area contributed by atoms with Crippen LogP contribution in [0.15, 0.2) is 42.5 Å². The average molecular weight is 355 g/mol. The number of amides is 1. The second kappa shape index (κ2) is 8.13. The first kappa shape index (κ1) is 18.1. The van der Waals surface area contributed by atoms with Crippen LogP contribution >= 0.6 is 0 Å². The van der Waals surface area contributed by atoms with E-state index in [9.17, 15) is 4.79 Å². The monoisotopic (exact) mass is 355 g/mol. The highest BCUT2D eigenvalue weighted by Gasteiger charge is 2.30. The predicted molar refractivity (Wildman–Crippen MR) is 99.9 cm³/mol. The molecule has 0 aliphatic carbocycles. The lowest BCUT2D eigenvalue weighted by Gasteiger charge is -2.26. The molecule has 1 saturated heterocycles. The lowest BCUT2D eigenvalue weighted by Crippen LogP contribution is -2.32. The predicted octanol–water partition coefficient (Wildman–Crippen LogP) is 3.62. The van der Waals surface area contributed by atoms with Gasteiger partial charge in [0, 0.05) is 12.1 Å². The van der Waals surface area contributed by atoms with Crippen LogP contribution in [0.5, 0.6) is 17.2 Å². The summed E-state index contributed by atoms with van der Waals surface area (Å²) in [6, 6.07) is 13.6. The summed E-state index contributed by atoms with van der Waals surface area (Å²) >= 11 is 0. The molecule has 5 heteroatoms. The first-order chi connectivity index (χ1) is 12.7. The van der Waals surface area contributed by atoms with Crippen molar-refractivity contribution in [1.29, 1.82) is 0 Å². The van der Waals surface area contributed by atoms with Crippen molar-refractivity contribution in [3.63, 3.8) is 0 Å². The summed E-state index contributed by atoms with van der Waals surface area (Å²) in [6.45, 7) is 0.771. The highest BCUT2D eigenvalue weighted by atomic mass is 16.5. The molecule has 1 amide bonds. The third-order valence-electron chi connectivity index (χ3n) is 4.90. The van der Waals surface area contributed by atoms with Gasteiger partial charge in [0.25, 0.3) is 0 Å². The van der Waals surface area contributed by atoms with E-state index in [1.807, 2.05) is 47.4 Å². The van der Waals surface area contributed by atoms with Crippen LogP contribution in [0.1, 0.15) is 30.0 Å². The highest BCUT2D eigenvalue weighted by Crippen LogP contribution is 2.37. The summed E-state index contributed by atoms with van der Waals surface area (Å²) < 4.78 is 16.1. The topological polar surface area (TPSA) is 48.0 Å². The smallest absolute Gasteiger partial charge is 0.227 e. The fourth-order valence-electron chi connectivity index (χ4n) is 3.59. The van der Waals surface area contributed by atoms with Gasteiger partial charge in [0.15, 0.2) is 11.5 Å². The van der Waals surface area contributed by atoms with E-state index in [0.29, 0.717) is 17.9 Å². The minimum absolute atomic E-state index is 0.0667. The molecule has 138 valence electrons. The van der Waals surface area contributed by atoms with Crippen LogP contribution in [-0.2, 0) is 11.2 Å². The van der Waals surface area contributed by atoms with E-state index in [2.05, 4.69) is 0 Å². The van der Waals surface area contributed by atoms with Crippen LogP contribution in [0, 0.1) is 0 Å². The Hall–Kier alpha value is -2.69. The third kappa shape index (κ3) is 3.62. The van der Waals surface area contributed by atoms with Gasteiger partial charge in [0.05, 0.1) is 33.8 Å². The number of nitrogens with zero attached hydrogens (tertiary/aromatic N) is 1. The van der Waals surface area contributed by atoms with E-state index < -0.39 is 0 Å². The molecule has 0 saturated carbocycles.